The summed E-state index contributed by atoms with van der Waals surface area (Å²) in [5.41, 5.74) is 1.19. The molecule has 0 spiro atoms. The molecule has 2 atom stereocenters. The number of esters is 6. The van der Waals surface area contributed by atoms with Gasteiger partial charge < -0.3 is 37.9 Å². The summed E-state index contributed by atoms with van der Waals surface area (Å²) in [6.07, 6.45) is 18.0. The van der Waals surface area contributed by atoms with Gasteiger partial charge in [0.25, 0.3) is 0 Å². The zero-order chi connectivity index (χ0) is 51.2. The molecule has 0 aliphatic heterocycles. The second-order valence-corrected chi connectivity index (χ2v) is 17.4. The van der Waals surface area contributed by atoms with E-state index in [1.807, 2.05) is 0 Å². The molecule has 0 aromatic heterocycles. The maximum absolute atomic E-state index is 13.2. The lowest BCUT2D eigenvalue weighted by molar-refractivity contribution is -0.138. The van der Waals surface area contributed by atoms with Crippen molar-refractivity contribution in [3.05, 3.63) is 145 Å². The molecule has 4 aromatic carbocycles. The van der Waals surface area contributed by atoms with E-state index >= 15 is 0 Å². The largest absolute Gasteiger partial charge is 0.494 e. The third-order valence-corrected chi connectivity index (χ3v) is 11.9. The highest BCUT2D eigenvalue weighted by atomic mass is 16.6. The molecule has 0 radical (unpaired) electrons. The summed E-state index contributed by atoms with van der Waals surface area (Å²) in [5, 5.41) is 0. The standard InChI is InChI=1S/C58H68O14/c1-3-53(59)67-41-19-13-9-5-7-11-17-39-65-47-31-23-43(24-32-47)55(61)69-49-35-27-45(28-36-49)57(63)71-51-21-15-16-22-52(51)72-58(64)46-29-37-50(38-30-46)70-56(62)44-25-33-48(34-26-44)66-40-18-12-8-6-10-14-20-42-68-54(60)4-2/h3-4,23-38,51-52H,1-2,5-22,39-42H2/t51-,52-/m1/s1. The molecule has 14 nitrogen and oxygen atoms in total. The minimum absolute atomic E-state index is 0.249. The molecule has 0 saturated heterocycles. The minimum Gasteiger partial charge on any atom is -0.494 e. The van der Waals surface area contributed by atoms with E-state index in [-0.39, 0.29) is 34.6 Å². The molecule has 0 amide bonds. The molecule has 1 aliphatic rings. The zero-order valence-corrected chi connectivity index (χ0v) is 41.2. The van der Waals surface area contributed by atoms with Gasteiger partial charge in [0, 0.05) is 12.2 Å². The van der Waals surface area contributed by atoms with Crippen molar-refractivity contribution < 1.29 is 66.7 Å². The SMILES string of the molecule is C=CC(=O)OCCCCCCCCCOc1ccc(C(=O)Oc2ccc(C(=O)O[C@@H]3CCCC[C@H]3OC(=O)c3ccc(OC(=O)c4ccc(OCCCCCCCCCOC(=O)C=C)cc4)cc3)cc2)cc1. The molecule has 1 saturated carbocycles. The van der Waals surface area contributed by atoms with E-state index in [1.165, 1.54) is 60.7 Å². The number of hydrogen-bond donors (Lipinski definition) is 0. The van der Waals surface area contributed by atoms with E-state index in [1.54, 1.807) is 48.5 Å². The van der Waals surface area contributed by atoms with Crippen LogP contribution in [0.15, 0.2) is 122 Å². The van der Waals surface area contributed by atoms with E-state index in [4.69, 9.17) is 37.9 Å². The fourth-order valence-electron chi connectivity index (χ4n) is 7.79. The van der Waals surface area contributed by atoms with Gasteiger partial charge in [0.2, 0.25) is 0 Å². The van der Waals surface area contributed by atoms with Gasteiger partial charge in [-0.3, -0.25) is 0 Å². The summed E-state index contributed by atoms with van der Waals surface area (Å²) in [5.74, 6) is -1.25. The minimum atomic E-state index is -0.656. The summed E-state index contributed by atoms with van der Waals surface area (Å²) in [6, 6.07) is 25.6. The Morgan fingerprint density at radius 1 is 0.375 bits per heavy atom. The zero-order valence-electron chi connectivity index (χ0n) is 41.2. The van der Waals surface area contributed by atoms with Crippen molar-refractivity contribution in [3.8, 4) is 23.0 Å². The lowest BCUT2D eigenvalue weighted by Gasteiger charge is -2.30. The Bertz CT molecular complexity index is 2160. The van der Waals surface area contributed by atoms with Crippen LogP contribution >= 0.6 is 0 Å². The molecule has 1 aliphatic carbocycles. The molecule has 1 fully saturated rings. The molecule has 0 bridgehead atoms. The number of unbranched alkanes of at least 4 members (excludes halogenated alkanes) is 12. The van der Waals surface area contributed by atoms with Gasteiger partial charge in [-0.05, 0) is 148 Å². The first kappa shape index (κ1) is 55.7. The quantitative estimate of drug-likeness (QED) is 0.0148. The van der Waals surface area contributed by atoms with Crippen LogP contribution in [0.1, 0.15) is 157 Å². The molecule has 14 heteroatoms. The maximum Gasteiger partial charge on any atom is 0.343 e. The van der Waals surface area contributed by atoms with Crippen LogP contribution in [0.3, 0.4) is 0 Å². The summed E-state index contributed by atoms with van der Waals surface area (Å²) in [4.78, 5) is 74.3. The maximum atomic E-state index is 13.2. The van der Waals surface area contributed by atoms with E-state index in [0.717, 1.165) is 103 Å². The molecular weight excluding hydrogens is 921 g/mol. The van der Waals surface area contributed by atoms with E-state index in [0.29, 0.717) is 61.9 Å². The van der Waals surface area contributed by atoms with E-state index < -0.39 is 36.1 Å². The Balaban J connectivity index is 0.957. The van der Waals surface area contributed by atoms with Crippen molar-refractivity contribution in [2.75, 3.05) is 26.4 Å². The van der Waals surface area contributed by atoms with Gasteiger partial charge in [0.15, 0.2) is 0 Å². The molecule has 72 heavy (non-hydrogen) atoms. The highest BCUT2D eigenvalue weighted by molar-refractivity contribution is 5.93. The molecule has 5 rings (SSSR count). The third kappa shape index (κ3) is 20.6. The van der Waals surface area contributed by atoms with Gasteiger partial charge in [0.1, 0.15) is 35.2 Å². The number of carbonyl (C=O) groups excluding carboxylic acids is 6. The third-order valence-electron chi connectivity index (χ3n) is 11.9. The van der Waals surface area contributed by atoms with Gasteiger partial charge >= 0.3 is 35.8 Å². The van der Waals surface area contributed by atoms with Gasteiger partial charge in [0.05, 0.1) is 48.7 Å². The average Bonchev–Trinajstić information content (AvgIpc) is 3.40. The number of benzene rings is 4. The Labute approximate surface area is 423 Å². The van der Waals surface area contributed by atoms with Gasteiger partial charge in [-0.15, -0.1) is 0 Å². The number of rotatable bonds is 32. The van der Waals surface area contributed by atoms with E-state index in [2.05, 4.69) is 13.2 Å². The smallest absolute Gasteiger partial charge is 0.343 e. The topological polar surface area (TPSA) is 176 Å². The first-order valence-corrected chi connectivity index (χ1v) is 25.2. The highest BCUT2D eigenvalue weighted by Gasteiger charge is 2.32. The number of hydrogen-bond acceptors (Lipinski definition) is 14. The lowest BCUT2D eigenvalue weighted by atomic mass is 9.94. The van der Waals surface area contributed by atoms with Crippen LogP contribution in [0.4, 0.5) is 0 Å². The molecule has 384 valence electrons. The van der Waals surface area contributed by atoms with Crippen molar-refractivity contribution in [3.63, 3.8) is 0 Å². The van der Waals surface area contributed by atoms with Crippen molar-refractivity contribution in [2.45, 2.75) is 128 Å². The Morgan fingerprint density at radius 3 is 0.972 bits per heavy atom. The predicted molar refractivity (Wildman–Crippen MR) is 270 cm³/mol. The molecule has 4 aromatic rings. The molecule has 0 N–H and O–H groups in total. The first-order valence-electron chi connectivity index (χ1n) is 25.2. The van der Waals surface area contributed by atoms with Crippen LogP contribution in [0.25, 0.3) is 0 Å². The van der Waals surface area contributed by atoms with Crippen molar-refractivity contribution >= 4 is 35.8 Å². The Kier molecular flexibility index (Phi) is 24.7. The highest BCUT2D eigenvalue weighted by Crippen LogP contribution is 2.27. The monoisotopic (exact) mass is 988 g/mol. The lowest BCUT2D eigenvalue weighted by Crippen LogP contribution is -2.37. The average molecular weight is 989 g/mol. The van der Waals surface area contributed by atoms with E-state index in [9.17, 15) is 28.8 Å². The normalized spacial score (nSPS) is 13.9. The number of ether oxygens (including phenoxy) is 8. The molecule has 0 heterocycles. The van der Waals surface area contributed by atoms with Crippen LogP contribution < -0.4 is 18.9 Å². The van der Waals surface area contributed by atoms with Gasteiger partial charge in [-0.2, -0.15) is 0 Å². The van der Waals surface area contributed by atoms with Crippen LogP contribution in [0, 0.1) is 0 Å². The van der Waals surface area contributed by atoms with Gasteiger partial charge in [-0.1, -0.05) is 77.4 Å². The predicted octanol–water partition coefficient (Wildman–Crippen LogP) is 12.1. The summed E-state index contributed by atoms with van der Waals surface area (Å²) in [6.45, 7) is 8.77. The molecule has 0 unspecified atom stereocenters. The van der Waals surface area contributed by atoms with Crippen LogP contribution in [-0.4, -0.2) is 74.5 Å². The summed E-state index contributed by atoms with van der Waals surface area (Å²) < 4.78 is 44.4. The van der Waals surface area contributed by atoms with Crippen molar-refractivity contribution in [1.29, 1.82) is 0 Å². The second-order valence-electron chi connectivity index (χ2n) is 17.4. The number of carbonyl (C=O) groups is 6. The van der Waals surface area contributed by atoms with Crippen LogP contribution in [0.2, 0.25) is 0 Å². The Hall–Kier alpha value is -7.22. The van der Waals surface area contributed by atoms with Crippen molar-refractivity contribution in [2.24, 2.45) is 0 Å². The molecular formula is C58H68O14. The van der Waals surface area contributed by atoms with Crippen LogP contribution in [0.5, 0.6) is 23.0 Å². The summed E-state index contributed by atoms with van der Waals surface area (Å²) in [7, 11) is 0. The fourth-order valence-corrected chi connectivity index (χ4v) is 7.79. The second kappa shape index (κ2) is 31.9. The Morgan fingerprint density at radius 2 is 0.653 bits per heavy atom. The van der Waals surface area contributed by atoms with Crippen molar-refractivity contribution in [1.82, 2.24) is 0 Å². The fraction of sp³-hybridized carbons (Fsp3) is 0.414. The summed E-state index contributed by atoms with van der Waals surface area (Å²) >= 11 is 0. The first-order chi connectivity index (χ1) is 35.1. The van der Waals surface area contributed by atoms with Crippen LogP contribution in [-0.2, 0) is 28.5 Å². The van der Waals surface area contributed by atoms with Gasteiger partial charge in [-0.25, -0.2) is 28.8 Å².